The van der Waals surface area contributed by atoms with Gasteiger partial charge in [-0.05, 0) is 44.2 Å². The number of carbonyl (C=O) groups excluding carboxylic acids is 1. The molecule has 3 heterocycles. The Kier molecular flexibility index (Phi) is 5.43. The number of carbonyl (C=O) groups is 1. The molecule has 1 fully saturated rings. The van der Waals surface area contributed by atoms with Crippen LogP contribution in [-0.2, 0) is 10.2 Å². The average molecular weight is 405 g/mol. The van der Waals surface area contributed by atoms with Gasteiger partial charge < -0.3 is 5.32 Å². The molecule has 0 saturated heterocycles. The summed E-state index contributed by atoms with van der Waals surface area (Å²) in [6, 6.07) is 13.1. The maximum Gasteiger partial charge on any atom is 0.237 e. The molecule has 8 heteroatoms. The van der Waals surface area contributed by atoms with Gasteiger partial charge >= 0.3 is 0 Å². The smallest absolute Gasteiger partial charge is 0.237 e. The Bertz CT molecular complexity index is 1020. The number of pyridine rings is 3. The molecule has 0 radical (unpaired) electrons. The second-order valence-electron chi connectivity index (χ2n) is 7.95. The number of rotatable bonds is 7. The van der Waals surface area contributed by atoms with E-state index in [1.54, 1.807) is 36.8 Å². The number of hydrogen-bond donors (Lipinski definition) is 4. The van der Waals surface area contributed by atoms with E-state index in [1.807, 2.05) is 38.1 Å². The summed E-state index contributed by atoms with van der Waals surface area (Å²) in [5, 5.41) is 13.1. The first kappa shape index (κ1) is 19.9. The maximum atomic E-state index is 13.0. The molecular weight excluding hydrogens is 380 g/mol. The molecule has 0 spiro atoms. The number of anilines is 2. The van der Waals surface area contributed by atoms with E-state index in [0.29, 0.717) is 17.3 Å². The van der Waals surface area contributed by atoms with Crippen molar-refractivity contribution in [1.29, 1.82) is 0 Å². The summed E-state index contributed by atoms with van der Waals surface area (Å²) in [6.07, 6.45) is 7.16. The number of nitrogens with zero attached hydrogens (tertiary/aromatic N) is 3. The summed E-state index contributed by atoms with van der Waals surface area (Å²) < 4.78 is 0. The van der Waals surface area contributed by atoms with Crippen LogP contribution in [0.5, 0.6) is 0 Å². The lowest BCUT2D eigenvalue weighted by Crippen LogP contribution is -3.14. The maximum absolute atomic E-state index is 13.0. The van der Waals surface area contributed by atoms with Crippen molar-refractivity contribution in [2.24, 2.45) is 0 Å². The average Bonchev–Trinajstić information content (AvgIpc) is 3.61. The topological polar surface area (TPSA) is 104 Å². The monoisotopic (exact) mass is 405 g/mol. The highest BCUT2D eigenvalue weighted by Crippen LogP contribution is 2.25. The predicted molar refractivity (Wildman–Crippen MR) is 113 cm³/mol. The van der Waals surface area contributed by atoms with Crippen LogP contribution in [-0.4, -0.2) is 32.1 Å². The lowest BCUT2D eigenvalue weighted by atomic mass is 9.87. The first-order chi connectivity index (χ1) is 14.4. The van der Waals surface area contributed by atoms with Crippen LogP contribution in [0.2, 0.25) is 0 Å². The van der Waals surface area contributed by atoms with Gasteiger partial charge in [-0.15, -0.1) is 0 Å². The zero-order valence-corrected chi connectivity index (χ0v) is 17.0. The van der Waals surface area contributed by atoms with E-state index in [2.05, 4.69) is 25.7 Å². The van der Waals surface area contributed by atoms with Gasteiger partial charge in [0.05, 0.1) is 11.1 Å². The van der Waals surface area contributed by atoms with E-state index in [-0.39, 0.29) is 17.1 Å². The van der Waals surface area contributed by atoms with Gasteiger partial charge in [-0.2, -0.15) is 10.6 Å². The molecule has 0 bridgehead atoms. The zero-order chi connectivity index (χ0) is 21.1. The van der Waals surface area contributed by atoms with Crippen LogP contribution >= 0.6 is 0 Å². The summed E-state index contributed by atoms with van der Waals surface area (Å²) in [5.74, 6) is 0.774. The van der Waals surface area contributed by atoms with Gasteiger partial charge in [0.2, 0.25) is 5.91 Å². The van der Waals surface area contributed by atoms with Crippen molar-refractivity contribution in [1.82, 2.24) is 15.0 Å². The number of aromatic nitrogens is 3. The van der Waals surface area contributed by atoms with E-state index in [4.69, 9.17) is 0 Å². The number of amides is 1. The third-order valence-corrected chi connectivity index (χ3v) is 5.18. The molecule has 1 amide bonds. The Hall–Kier alpha value is -3.36. The quantitative estimate of drug-likeness (QED) is 0.450. The molecule has 1 saturated carbocycles. The van der Waals surface area contributed by atoms with Gasteiger partial charge in [-0.3, -0.25) is 9.78 Å². The highest BCUT2D eigenvalue weighted by molar-refractivity contribution is 5.97. The minimum atomic E-state index is -0.892. The standard InChI is InChI=1S/C22H24N6O2/c1-22(2,18-6-3-7-20(25-18)27-28(30)17-9-10-17)21(29)26-19-11-8-16(14-24-19)15-5-4-12-23-13-15/h3-8,11-14,17,30H,9-10H2,1-2H3,(H,25,27)(H,24,26,29)/p+1. The Balaban J connectivity index is 1.45. The highest BCUT2D eigenvalue weighted by Gasteiger charge is 2.35. The van der Waals surface area contributed by atoms with Crippen molar-refractivity contribution in [3.63, 3.8) is 0 Å². The minimum Gasteiger partial charge on any atom is -0.310 e. The summed E-state index contributed by atoms with van der Waals surface area (Å²) in [6.45, 7) is 3.62. The van der Waals surface area contributed by atoms with Crippen LogP contribution in [0.25, 0.3) is 11.1 Å². The summed E-state index contributed by atoms with van der Waals surface area (Å²) >= 11 is 0. The molecule has 30 heavy (non-hydrogen) atoms. The van der Waals surface area contributed by atoms with Crippen LogP contribution in [0.3, 0.4) is 0 Å². The SMILES string of the molecule is CC(C)(C(=O)Nc1ccc(-c2cccnc2)cn1)c1cccc(N[NH+](O)C2CC2)n1. The van der Waals surface area contributed by atoms with Crippen molar-refractivity contribution >= 4 is 17.5 Å². The van der Waals surface area contributed by atoms with Crippen LogP contribution < -0.4 is 15.9 Å². The molecule has 154 valence electrons. The van der Waals surface area contributed by atoms with Crippen molar-refractivity contribution < 1.29 is 15.2 Å². The van der Waals surface area contributed by atoms with Crippen LogP contribution in [0.15, 0.2) is 61.1 Å². The largest absolute Gasteiger partial charge is 0.310 e. The van der Waals surface area contributed by atoms with Gasteiger partial charge in [0.15, 0.2) is 5.82 Å². The normalized spacial score (nSPS) is 14.8. The van der Waals surface area contributed by atoms with Crippen molar-refractivity contribution in [2.45, 2.75) is 38.1 Å². The first-order valence-electron chi connectivity index (χ1n) is 9.92. The molecule has 0 aromatic carbocycles. The molecule has 1 aliphatic carbocycles. The second-order valence-corrected chi connectivity index (χ2v) is 7.95. The third-order valence-electron chi connectivity index (χ3n) is 5.18. The van der Waals surface area contributed by atoms with E-state index < -0.39 is 5.41 Å². The fourth-order valence-corrected chi connectivity index (χ4v) is 3.00. The zero-order valence-electron chi connectivity index (χ0n) is 17.0. The fourth-order valence-electron chi connectivity index (χ4n) is 3.00. The van der Waals surface area contributed by atoms with Gasteiger partial charge in [0.1, 0.15) is 11.9 Å². The number of quaternary nitrogens is 1. The Morgan fingerprint density at radius 3 is 2.53 bits per heavy atom. The number of nitrogens with one attached hydrogen (secondary N) is 3. The van der Waals surface area contributed by atoms with E-state index in [1.165, 1.54) is 0 Å². The van der Waals surface area contributed by atoms with Crippen LogP contribution in [0.4, 0.5) is 11.6 Å². The van der Waals surface area contributed by atoms with Gasteiger partial charge in [-0.25, -0.2) is 9.97 Å². The molecule has 1 aliphatic rings. The molecule has 3 aromatic rings. The fraction of sp³-hybridized carbons (Fsp3) is 0.273. The molecule has 8 nitrogen and oxygen atoms in total. The van der Waals surface area contributed by atoms with Gasteiger partial charge in [0.25, 0.3) is 0 Å². The molecule has 4 N–H and O–H groups in total. The molecular formula is C22H25N6O2+. The Morgan fingerprint density at radius 2 is 1.87 bits per heavy atom. The number of hydrogen-bond acceptors (Lipinski definition) is 6. The third kappa shape index (κ3) is 4.45. The van der Waals surface area contributed by atoms with E-state index in [0.717, 1.165) is 24.0 Å². The number of hydroxylamine groups is 1. The summed E-state index contributed by atoms with van der Waals surface area (Å²) in [5.41, 5.74) is 4.53. The molecule has 0 aliphatic heterocycles. The second kappa shape index (κ2) is 8.17. The van der Waals surface area contributed by atoms with E-state index in [9.17, 15) is 10.0 Å². The lowest BCUT2D eigenvalue weighted by molar-refractivity contribution is -1.08. The van der Waals surface area contributed by atoms with E-state index >= 15 is 0 Å². The van der Waals surface area contributed by atoms with Gasteiger partial charge in [0, 0.05) is 42.6 Å². The van der Waals surface area contributed by atoms with Crippen LogP contribution in [0, 0.1) is 0 Å². The predicted octanol–water partition coefficient (Wildman–Crippen LogP) is 2.22. The van der Waals surface area contributed by atoms with Crippen molar-refractivity contribution in [2.75, 3.05) is 10.7 Å². The van der Waals surface area contributed by atoms with Gasteiger partial charge in [-0.1, -0.05) is 17.3 Å². The lowest BCUT2D eigenvalue weighted by Gasteiger charge is -2.23. The first-order valence-corrected chi connectivity index (χ1v) is 9.92. The molecule has 1 unspecified atom stereocenters. The minimum absolute atomic E-state index is 0.201. The summed E-state index contributed by atoms with van der Waals surface area (Å²) in [7, 11) is 0. The van der Waals surface area contributed by atoms with Crippen molar-refractivity contribution in [3.8, 4) is 11.1 Å². The Labute approximate surface area is 174 Å². The van der Waals surface area contributed by atoms with Crippen molar-refractivity contribution in [3.05, 3.63) is 66.7 Å². The highest BCUT2D eigenvalue weighted by atomic mass is 16.5. The molecule has 4 rings (SSSR count). The summed E-state index contributed by atoms with van der Waals surface area (Å²) in [4.78, 5) is 26.0. The van der Waals surface area contributed by atoms with Crippen LogP contribution in [0.1, 0.15) is 32.4 Å². The molecule has 1 atom stereocenters. The molecule has 3 aromatic heterocycles. The Morgan fingerprint density at radius 1 is 1.07 bits per heavy atom.